The number of halogens is 1. The molecular weight excluding hydrogens is 367 g/mol. The molecule has 2 aromatic heterocycles. The number of carbonyl (C=O) groups excluding carboxylic acids is 1. The molecule has 0 atom stereocenters. The minimum absolute atomic E-state index is 0.0422. The predicted molar refractivity (Wildman–Crippen MR) is 99.8 cm³/mol. The fourth-order valence-corrected chi connectivity index (χ4v) is 3.77. The summed E-state index contributed by atoms with van der Waals surface area (Å²) in [6, 6.07) is 9.91. The zero-order valence-corrected chi connectivity index (χ0v) is 15.4. The fourth-order valence-electron chi connectivity index (χ4n) is 3.13. The Balaban J connectivity index is 1.31. The normalized spacial score (nSPS) is 15.1. The van der Waals surface area contributed by atoms with Crippen LogP contribution >= 0.6 is 11.3 Å². The quantitative estimate of drug-likeness (QED) is 0.735. The Morgan fingerprint density at radius 3 is 2.70 bits per heavy atom. The van der Waals surface area contributed by atoms with Gasteiger partial charge in [-0.15, -0.1) is 21.5 Å². The number of carbonyl (C=O) groups is 1. The number of benzene rings is 1. The lowest BCUT2D eigenvalue weighted by molar-refractivity contribution is 0.177. The molecule has 0 radical (unpaired) electrons. The van der Waals surface area contributed by atoms with Crippen LogP contribution in [0.25, 0.3) is 11.5 Å². The van der Waals surface area contributed by atoms with Crippen LogP contribution < -0.4 is 5.32 Å². The van der Waals surface area contributed by atoms with Gasteiger partial charge in [-0.3, -0.25) is 0 Å². The summed E-state index contributed by atoms with van der Waals surface area (Å²) in [5, 5.41) is 13.2. The number of hydrogen-bond donors (Lipinski definition) is 1. The van der Waals surface area contributed by atoms with Crippen molar-refractivity contribution in [2.45, 2.75) is 25.3 Å². The van der Waals surface area contributed by atoms with Crippen molar-refractivity contribution in [1.82, 2.24) is 20.4 Å². The molecule has 1 fully saturated rings. The minimum Gasteiger partial charge on any atom is -0.420 e. The van der Waals surface area contributed by atoms with E-state index in [1.165, 1.54) is 12.1 Å². The lowest BCUT2D eigenvalue weighted by atomic mass is 9.97. The zero-order valence-electron chi connectivity index (χ0n) is 14.6. The van der Waals surface area contributed by atoms with E-state index >= 15 is 0 Å². The molecule has 1 aliphatic heterocycles. The van der Waals surface area contributed by atoms with Gasteiger partial charge in [0.2, 0.25) is 11.8 Å². The Morgan fingerprint density at radius 1 is 1.22 bits per heavy atom. The van der Waals surface area contributed by atoms with Gasteiger partial charge in [-0.2, -0.15) is 0 Å². The summed E-state index contributed by atoms with van der Waals surface area (Å²) in [6.45, 7) is 1.85. The second-order valence-electron chi connectivity index (χ2n) is 6.45. The van der Waals surface area contributed by atoms with Crippen LogP contribution in [0, 0.1) is 5.82 Å². The average molecular weight is 386 g/mol. The molecule has 8 heteroatoms. The monoisotopic (exact) mass is 386 g/mol. The van der Waals surface area contributed by atoms with Gasteiger partial charge in [0.25, 0.3) is 0 Å². The molecule has 0 saturated carbocycles. The number of rotatable bonds is 4. The molecule has 6 nitrogen and oxygen atoms in total. The summed E-state index contributed by atoms with van der Waals surface area (Å²) < 4.78 is 18.8. The maximum atomic E-state index is 13.0. The molecule has 0 unspecified atom stereocenters. The molecule has 0 bridgehead atoms. The molecule has 1 aliphatic rings. The first-order valence-corrected chi connectivity index (χ1v) is 9.71. The summed E-state index contributed by atoms with van der Waals surface area (Å²) in [7, 11) is 0. The van der Waals surface area contributed by atoms with E-state index in [1.807, 2.05) is 22.4 Å². The van der Waals surface area contributed by atoms with Crippen LogP contribution in [0.3, 0.4) is 0 Å². The number of thiophene rings is 1. The number of nitrogens with zero attached hydrogens (tertiary/aromatic N) is 3. The van der Waals surface area contributed by atoms with E-state index in [0.29, 0.717) is 37.0 Å². The van der Waals surface area contributed by atoms with Gasteiger partial charge in [0.1, 0.15) is 5.82 Å². The second kappa shape index (κ2) is 7.87. The van der Waals surface area contributed by atoms with Crippen molar-refractivity contribution in [3.63, 3.8) is 0 Å². The number of urea groups is 1. The molecule has 1 N–H and O–H groups in total. The van der Waals surface area contributed by atoms with Crippen molar-refractivity contribution >= 4 is 17.4 Å². The van der Waals surface area contributed by atoms with Gasteiger partial charge in [-0.05, 0) is 48.6 Å². The van der Waals surface area contributed by atoms with Crippen LogP contribution in [-0.2, 0) is 6.54 Å². The van der Waals surface area contributed by atoms with E-state index in [1.54, 1.807) is 23.5 Å². The van der Waals surface area contributed by atoms with E-state index in [-0.39, 0.29) is 17.8 Å². The first-order chi connectivity index (χ1) is 13.2. The van der Waals surface area contributed by atoms with Crippen LogP contribution in [0.15, 0.2) is 46.2 Å². The summed E-state index contributed by atoms with van der Waals surface area (Å²) in [4.78, 5) is 15.2. The molecule has 140 valence electrons. The molecule has 3 heterocycles. The van der Waals surface area contributed by atoms with Gasteiger partial charge in [0.15, 0.2) is 0 Å². The number of amides is 2. The van der Waals surface area contributed by atoms with Crippen molar-refractivity contribution in [2.75, 3.05) is 13.1 Å². The molecule has 4 rings (SSSR count). The zero-order chi connectivity index (χ0) is 18.6. The Hall–Kier alpha value is -2.74. The number of aromatic nitrogens is 2. The van der Waals surface area contributed by atoms with E-state index < -0.39 is 0 Å². The minimum atomic E-state index is -0.303. The standard InChI is InChI=1S/C19H19FN4O2S/c20-15-5-3-13(4-6-15)17-22-23-18(26-17)14-7-9-24(10-8-14)19(25)21-12-16-2-1-11-27-16/h1-6,11,14H,7-10,12H2,(H,21,25). The van der Waals surface area contributed by atoms with Crippen LogP contribution in [-0.4, -0.2) is 34.2 Å². The lowest BCUT2D eigenvalue weighted by Gasteiger charge is -2.30. The van der Waals surface area contributed by atoms with E-state index in [0.717, 1.165) is 17.7 Å². The van der Waals surface area contributed by atoms with Crippen molar-refractivity contribution in [2.24, 2.45) is 0 Å². The third-order valence-electron chi connectivity index (χ3n) is 4.66. The Labute approximate surface area is 160 Å². The van der Waals surface area contributed by atoms with E-state index in [2.05, 4.69) is 15.5 Å². The number of hydrogen-bond acceptors (Lipinski definition) is 5. The van der Waals surface area contributed by atoms with Gasteiger partial charge in [-0.1, -0.05) is 6.07 Å². The van der Waals surface area contributed by atoms with Crippen LogP contribution in [0.2, 0.25) is 0 Å². The van der Waals surface area contributed by atoms with Crippen molar-refractivity contribution in [1.29, 1.82) is 0 Å². The maximum absolute atomic E-state index is 13.0. The van der Waals surface area contributed by atoms with Crippen molar-refractivity contribution in [3.8, 4) is 11.5 Å². The Morgan fingerprint density at radius 2 is 2.00 bits per heavy atom. The molecule has 1 aromatic carbocycles. The van der Waals surface area contributed by atoms with E-state index in [9.17, 15) is 9.18 Å². The highest BCUT2D eigenvalue weighted by molar-refractivity contribution is 7.09. The van der Waals surface area contributed by atoms with Crippen LogP contribution in [0.4, 0.5) is 9.18 Å². The predicted octanol–water partition coefficient (Wildman–Crippen LogP) is 4.03. The van der Waals surface area contributed by atoms with Crippen LogP contribution in [0.1, 0.15) is 29.5 Å². The first-order valence-electron chi connectivity index (χ1n) is 8.83. The smallest absolute Gasteiger partial charge is 0.317 e. The van der Waals surface area contributed by atoms with E-state index in [4.69, 9.17) is 4.42 Å². The Bertz CT molecular complexity index is 887. The topological polar surface area (TPSA) is 71.3 Å². The SMILES string of the molecule is O=C(NCc1cccs1)N1CCC(c2nnc(-c3ccc(F)cc3)o2)CC1. The highest BCUT2D eigenvalue weighted by Crippen LogP contribution is 2.29. The van der Waals surface area contributed by atoms with Crippen molar-refractivity contribution in [3.05, 3.63) is 58.4 Å². The molecule has 3 aromatic rings. The molecule has 27 heavy (non-hydrogen) atoms. The first kappa shape index (κ1) is 17.7. The largest absolute Gasteiger partial charge is 0.420 e. The number of nitrogens with one attached hydrogen (secondary N) is 1. The van der Waals surface area contributed by atoms with Gasteiger partial charge in [-0.25, -0.2) is 9.18 Å². The molecule has 0 spiro atoms. The maximum Gasteiger partial charge on any atom is 0.317 e. The van der Waals surface area contributed by atoms with Gasteiger partial charge >= 0.3 is 6.03 Å². The highest BCUT2D eigenvalue weighted by Gasteiger charge is 2.27. The molecule has 2 amide bonds. The molecule has 1 saturated heterocycles. The Kier molecular flexibility index (Phi) is 5.15. The van der Waals surface area contributed by atoms with Gasteiger partial charge in [0, 0.05) is 29.4 Å². The summed E-state index contributed by atoms with van der Waals surface area (Å²) in [5.74, 6) is 0.797. The van der Waals surface area contributed by atoms with Crippen molar-refractivity contribution < 1.29 is 13.6 Å². The molecule has 0 aliphatic carbocycles. The van der Waals surface area contributed by atoms with Gasteiger partial charge in [0.05, 0.1) is 6.54 Å². The van der Waals surface area contributed by atoms with Gasteiger partial charge < -0.3 is 14.6 Å². The number of piperidine rings is 1. The summed E-state index contributed by atoms with van der Waals surface area (Å²) in [6.07, 6.45) is 1.55. The third kappa shape index (κ3) is 4.16. The lowest BCUT2D eigenvalue weighted by Crippen LogP contribution is -2.43. The summed E-state index contributed by atoms with van der Waals surface area (Å²) in [5.41, 5.74) is 0.695. The number of likely N-dealkylation sites (tertiary alicyclic amines) is 1. The highest BCUT2D eigenvalue weighted by atomic mass is 32.1. The second-order valence-corrected chi connectivity index (χ2v) is 7.48. The fraction of sp³-hybridized carbons (Fsp3) is 0.316. The summed E-state index contributed by atoms with van der Waals surface area (Å²) >= 11 is 1.63. The average Bonchev–Trinajstić information content (AvgIpc) is 3.39. The third-order valence-corrected chi connectivity index (χ3v) is 5.53. The van der Waals surface area contributed by atoms with Crippen LogP contribution in [0.5, 0.6) is 0 Å². The molecular formula is C19H19FN4O2S.